The smallest absolute Gasteiger partial charge is 0.476 e. The van der Waals surface area contributed by atoms with Crippen LogP contribution in [0.2, 0.25) is 0 Å². The molecule has 0 amide bonds. The lowest BCUT2D eigenvalue weighted by Crippen LogP contribution is -2.25. The van der Waals surface area contributed by atoms with Crippen molar-refractivity contribution in [2.75, 3.05) is 18.5 Å². The molecule has 0 spiro atoms. The number of nitrogens with one attached hydrogen (secondary N) is 1. The molecule has 0 saturated heterocycles. The Labute approximate surface area is 178 Å². The van der Waals surface area contributed by atoms with Crippen LogP contribution in [0.25, 0.3) is 0 Å². The van der Waals surface area contributed by atoms with Gasteiger partial charge in [-0.15, -0.1) is 37.1 Å². The summed E-state index contributed by atoms with van der Waals surface area (Å²) in [6.07, 6.45) is -8.74. The Morgan fingerprint density at radius 2 is 1.76 bits per heavy atom. The SMILES string of the molecule is I.NC(=NCCOc1ccc(C(F)(F)F)cn1)Nc1ccccc1OC(F)(F)F. The molecule has 2 rings (SSSR count). The molecule has 29 heavy (non-hydrogen) atoms. The third-order valence-electron chi connectivity index (χ3n) is 3.06. The zero-order valence-electron chi connectivity index (χ0n) is 14.4. The first kappa shape index (κ1) is 24.6. The van der Waals surface area contributed by atoms with E-state index in [4.69, 9.17) is 10.5 Å². The van der Waals surface area contributed by atoms with Gasteiger partial charge in [-0.25, -0.2) is 9.98 Å². The molecule has 13 heteroatoms. The number of guanidine groups is 1. The number of hydrogen-bond acceptors (Lipinski definition) is 4. The van der Waals surface area contributed by atoms with Crippen LogP contribution in [-0.2, 0) is 6.18 Å². The quantitative estimate of drug-likeness (QED) is 0.188. The maximum absolute atomic E-state index is 12.4. The van der Waals surface area contributed by atoms with Crippen LogP contribution in [0.5, 0.6) is 11.6 Å². The fourth-order valence-electron chi connectivity index (χ4n) is 1.91. The van der Waals surface area contributed by atoms with Crippen molar-refractivity contribution < 1.29 is 35.8 Å². The van der Waals surface area contributed by atoms with E-state index in [-0.39, 0.29) is 54.7 Å². The number of benzene rings is 1. The summed E-state index contributed by atoms with van der Waals surface area (Å²) in [6.45, 7) is -0.0920. The van der Waals surface area contributed by atoms with E-state index < -0.39 is 23.9 Å². The first-order valence-corrected chi connectivity index (χ1v) is 7.62. The van der Waals surface area contributed by atoms with Crippen molar-refractivity contribution in [1.29, 1.82) is 0 Å². The van der Waals surface area contributed by atoms with Crippen LogP contribution >= 0.6 is 24.0 Å². The largest absolute Gasteiger partial charge is 0.573 e. The van der Waals surface area contributed by atoms with Crippen LogP contribution in [0.15, 0.2) is 47.6 Å². The lowest BCUT2D eigenvalue weighted by Gasteiger charge is -2.14. The number of hydrogen-bond donors (Lipinski definition) is 2. The van der Waals surface area contributed by atoms with Gasteiger partial charge in [0, 0.05) is 12.3 Å². The average Bonchev–Trinajstić information content (AvgIpc) is 2.59. The lowest BCUT2D eigenvalue weighted by atomic mass is 10.3. The van der Waals surface area contributed by atoms with Crippen molar-refractivity contribution in [2.24, 2.45) is 10.7 Å². The molecule has 0 aliphatic heterocycles. The Bertz CT molecular complexity index is 812. The molecule has 0 bridgehead atoms. The molecule has 0 fully saturated rings. The number of nitrogens with two attached hydrogens (primary N) is 1. The molecule has 1 heterocycles. The fraction of sp³-hybridized carbons (Fsp3) is 0.250. The average molecular weight is 536 g/mol. The summed E-state index contributed by atoms with van der Waals surface area (Å²) in [6, 6.07) is 7.11. The summed E-state index contributed by atoms with van der Waals surface area (Å²) >= 11 is 0. The van der Waals surface area contributed by atoms with Crippen molar-refractivity contribution in [1.82, 2.24) is 4.98 Å². The van der Waals surface area contributed by atoms with Gasteiger partial charge in [-0.1, -0.05) is 12.1 Å². The minimum absolute atomic E-state index is 0. The third kappa shape index (κ3) is 8.62. The molecule has 0 saturated carbocycles. The molecule has 0 radical (unpaired) electrons. The van der Waals surface area contributed by atoms with Crippen LogP contribution in [0.3, 0.4) is 0 Å². The number of halogens is 7. The number of anilines is 1. The normalized spacial score (nSPS) is 12.1. The van der Waals surface area contributed by atoms with Crippen LogP contribution in [0.4, 0.5) is 32.0 Å². The van der Waals surface area contributed by atoms with E-state index >= 15 is 0 Å². The van der Waals surface area contributed by atoms with Crippen LogP contribution in [0, 0.1) is 0 Å². The number of aliphatic imine (C=N–C) groups is 1. The topological polar surface area (TPSA) is 81.8 Å². The second-order valence-corrected chi connectivity index (χ2v) is 5.17. The van der Waals surface area contributed by atoms with Gasteiger partial charge in [0.05, 0.1) is 17.8 Å². The molecule has 1 aromatic carbocycles. The van der Waals surface area contributed by atoms with Crippen molar-refractivity contribution in [3.63, 3.8) is 0 Å². The number of alkyl halides is 6. The third-order valence-corrected chi connectivity index (χ3v) is 3.06. The molecule has 160 valence electrons. The fourth-order valence-corrected chi connectivity index (χ4v) is 1.91. The van der Waals surface area contributed by atoms with Crippen molar-refractivity contribution in [2.45, 2.75) is 12.5 Å². The molecule has 3 N–H and O–H groups in total. The molecular weight excluding hydrogens is 521 g/mol. The molecule has 1 aromatic heterocycles. The van der Waals surface area contributed by atoms with Gasteiger partial charge in [-0.2, -0.15) is 13.2 Å². The van der Waals surface area contributed by atoms with E-state index in [2.05, 4.69) is 20.0 Å². The van der Waals surface area contributed by atoms with Gasteiger partial charge >= 0.3 is 12.5 Å². The number of rotatable bonds is 6. The van der Waals surface area contributed by atoms with Gasteiger partial charge in [-0.05, 0) is 18.2 Å². The van der Waals surface area contributed by atoms with E-state index in [1.807, 2.05) is 0 Å². The molecule has 0 aliphatic carbocycles. The molecule has 2 aromatic rings. The molecule has 0 unspecified atom stereocenters. The Balaban J connectivity index is 0.00000420. The van der Waals surface area contributed by atoms with Gasteiger partial charge in [0.2, 0.25) is 5.88 Å². The summed E-state index contributed by atoms with van der Waals surface area (Å²) in [7, 11) is 0. The lowest BCUT2D eigenvalue weighted by molar-refractivity contribution is -0.274. The van der Waals surface area contributed by atoms with Gasteiger partial charge in [-0.3, -0.25) is 0 Å². The zero-order valence-corrected chi connectivity index (χ0v) is 16.8. The summed E-state index contributed by atoms with van der Waals surface area (Å²) in [5, 5.41) is 2.46. The van der Waals surface area contributed by atoms with E-state index in [0.29, 0.717) is 6.20 Å². The maximum Gasteiger partial charge on any atom is 0.573 e. The van der Waals surface area contributed by atoms with Gasteiger partial charge in [0.15, 0.2) is 11.7 Å². The predicted molar refractivity (Wildman–Crippen MR) is 103 cm³/mol. The van der Waals surface area contributed by atoms with Crippen molar-refractivity contribution in [3.05, 3.63) is 48.2 Å². The van der Waals surface area contributed by atoms with Crippen LogP contribution in [-0.4, -0.2) is 30.5 Å². The van der Waals surface area contributed by atoms with E-state index in [1.54, 1.807) is 0 Å². The summed E-state index contributed by atoms with van der Waals surface area (Å²) < 4.78 is 83.3. The standard InChI is InChI=1S/C16H14F6N4O2.HI/c17-15(18,19)10-5-6-13(25-9-10)27-8-7-24-14(23)26-11-3-1-2-4-12(11)28-16(20,21)22;/h1-6,9H,7-8H2,(H3,23,24,26);1H. The van der Waals surface area contributed by atoms with Crippen LogP contribution < -0.4 is 20.5 Å². The number of nitrogens with zero attached hydrogens (tertiary/aromatic N) is 2. The second-order valence-electron chi connectivity index (χ2n) is 5.17. The van der Waals surface area contributed by atoms with Gasteiger partial charge in [0.25, 0.3) is 0 Å². The van der Waals surface area contributed by atoms with E-state index in [1.165, 1.54) is 18.2 Å². The Kier molecular flexibility index (Phi) is 8.79. The minimum atomic E-state index is -4.87. The maximum atomic E-state index is 12.4. The predicted octanol–water partition coefficient (Wildman–Crippen LogP) is 4.42. The molecule has 6 nitrogen and oxygen atoms in total. The first-order valence-electron chi connectivity index (χ1n) is 7.62. The summed E-state index contributed by atoms with van der Waals surface area (Å²) in [5.74, 6) is -0.737. The Hall–Kier alpha value is -2.45. The number of ether oxygens (including phenoxy) is 2. The summed E-state index contributed by atoms with van der Waals surface area (Å²) in [5.41, 5.74) is 4.63. The van der Waals surface area contributed by atoms with E-state index in [0.717, 1.165) is 18.2 Å². The number of aromatic nitrogens is 1. The van der Waals surface area contributed by atoms with Gasteiger partial charge < -0.3 is 20.5 Å². The molecule has 0 aliphatic rings. The monoisotopic (exact) mass is 536 g/mol. The summed E-state index contributed by atoms with van der Waals surface area (Å²) in [4.78, 5) is 7.36. The number of pyridine rings is 1. The highest BCUT2D eigenvalue weighted by Crippen LogP contribution is 2.30. The minimum Gasteiger partial charge on any atom is -0.476 e. The van der Waals surface area contributed by atoms with Gasteiger partial charge in [0.1, 0.15) is 6.61 Å². The first-order chi connectivity index (χ1) is 13.0. The molecule has 0 atom stereocenters. The Morgan fingerprint density at radius 1 is 1.07 bits per heavy atom. The number of para-hydroxylation sites is 2. The van der Waals surface area contributed by atoms with Crippen LogP contribution in [0.1, 0.15) is 5.56 Å². The van der Waals surface area contributed by atoms with E-state index in [9.17, 15) is 26.3 Å². The highest BCUT2D eigenvalue weighted by Gasteiger charge is 2.32. The highest BCUT2D eigenvalue weighted by molar-refractivity contribution is 14.0. The molecular formula is C16H15F6IN4O2. The second kappa shape index (κ2) is 10.4. The zero-order chi connectivity index (χ0) is 20.8. The highest BCUT2D eigenvalue weighted by atomic mass is 127. The van der Waals surface area contributed by atoms with Crippen molar-refractivity contribution in [3.8, 4) is 11.6 Å². The Morgan fingerprint density at radius 3 is 2.34 bits per heavy atom. The van der Waals surface area contributed by atoms with Crippen molar-refractivity contribution >= 4 is 35.6 Å².